The molecule has 0 saturated heterocycles. The Morgan fingerprint density at radius 1 is 1.00 bits per heavy atom. The van der Waals surface area contributed by atoms with Crippen LogP contribution in [-0.2, 0) is 11.3 Å². The topological polar surface area (TPSA) is 63.2 Å². The Labute approximate surface area is 159 Å². The fraction of sp³-hybridized carbons (Fsp3) is 0.182. The van der Waals surface area contributed by atoms with Crippen LogP contribution >= 0.6 is 0 Å². The Morgan fingerprint density at radius 2 is 1.74 bits per heavy atom. The predicted octanol–water partition coefficient (Wildman–Crippen LogP) is 3.09. The Balaban J connectivity index is 1.58. The van der Waals surface area contributed by atoms with Crippen LogP contribution in [0.5, 0.6) is 5.75 Å². The van der Waals surface area contributed by atoms with Gasteiger partial charge in [-0.05, 0) is 35.4 Å². The smallest absolute Gasteiger partial charge is 0.234 e. The molecular formula is C22H23N3O2. The fourth-order valence-electron chi connectivity index (χ4n) is 2.79. The minimum Gasteiger partial charge on any atom is -0.497 e. The van der Waals surface area contributed by atoms with Gasteiger partial charge in [-0.1, -0.05) is 48.5 Å². The van der Waals surface area contributed by atoms with Crippen LogP contribution in [0.15, 0.2) is 79.0 Å². The molecule has 27 heavy (non-hydrogen) atoms. The largest absolute Gasteiger partial charge is 0.497 e. The van der Waals surface area contributed by atoms with E-state index in [9.17, 15) is 4.79 Å². The number of nitrogens with zero attached hydrogens (tertiary/aromatic N) is 1. The highest BCUT2D eigenvalue weighted by atomic mass is 16.5. The van der Waals surface area contributed by atoms with Gasteiger partial charge < -0.3 is 10.1 Å². The minimum absolute atomic E-state index is 0.0670. The van der Waals surface area contributed by atoms with Crippen molar-refractivity contribution in [2.24, 2.45) is 0 Å². The summed E-state index contributed by atoms with van der Waals surface area (Å²) in [7, 11) is 1.63. The van der Waals surface area contributed by atoms with E-state index >= 15 is 0 Å². The Kier molecular flexibility index (Phi) is 6.55. The molecule has 0 aliphatic carbocycles. The summed E-state index contributed by atoms with van der Waals surface area (Å²) in [6.45, 7) is 0.677. The molecule has 2 aromatic carbocycles. The van der Waals surface area contributed by atoms with E-state index in [1.807, 2.05) is 72.8 Å². The standard InChI is InChI=1S/C22H23N3O2/c1-27-19-12-10-17(11-13-19)15-24-21(26)16-25-22(18-7-3-2-4-8-18)20-9-5-6-14-23-20/h2-14,22,25H,15-16H2,1H3,(H,24,26). The zero-order valence-corrected chi connectivity index (χ0v) is 15.3. The number of carbonyl (C=O) groups excluding carboxylic acids is 1. The number of ether oxygens (including phenoxy) is 1. The van der Waals surface area contributed by atoms with E-state index in [0.29, 0.717) is 6.54 Å². The van der Waals surface area contributed by atoms with E-state index < -0.39 is 0 Å². The summed E-state index contributed by atoms with van der Waals surface area (Å²) < 4.78 is 5.14. The van der Waals surface area contributed by atoms with Crippen LogP contribution in [0.3, 0.4) is 0 Å². The molecule has 3 aromatic rings. The molecule has 0 saturated carbocycles. The number of benzene rings is 2. The molecule has 1 unspecified atom stereocenters. The molecule has 0 aliphatic heterocycles. The summed E-state index contributed by atoms with van der Waals surface area (Å²) in [6, 6.07) is 23.3. The number of methoxy groups -OCH3 is 1. The highest BCUT2D eigenvalue weighted by Crippen LogP contribution is 2.19. The maximum atomic E-state index is 12.3. The number of rotatable bonds is 8. The van der Waals surface area contributed by atoms with Gasteiger partial charge in [0.2, 0.25) is 5.91 Å². The molecule has 2 N–H and O–H groups in total. The third-order valence-electron chi connectivity index (χ3n) is 4.23. The van der Waals surface area contributed by atoms with Crippen molar-refractivity contribution in [1.82, 2.24) is 15.6 Å². The van der Waals surface area contributed by atoms with Crippen molar-refractivity contribution in [2.45, 2.75) is 12.6 Å². The van der Waals surface area contributed by atoms with Gasteiger partial charge >= 0.3 is 0 Å². The van der Waals surface area contributed by atoms with E-state index in [1.165, 1.54) is 0 Å². The summed E-state index contributed by atoms with van der Waals surface area (Å²) in [4.78, 5) is 16.7. The van der Waals surface area contributed by atoms with Crippen molar-refractivity contribution in [1.29, 1.82) is 0 Å². The summed E-state index contributed by atoms with van der Waals surface area (Å²) in [5.41, 5.74) is 2.97. The third kappa shape index (κ3) is 5.39. The maximum absolute atomic E-state index is 12.3. The highest BCUT2D eigenvalue weighted by Gasteiger charge is 2.15. The number of aromatic nitrogens is 1. The average molecular weight is 361 g/mol. The lowest BCUT2D eigenvalue weighted by molar-refractivity contribution is -0.120. The molecule has 138 valence electrons. The zero-order chi connectivity index (χ0) is 18.9. The Morgan fingerprint density at radius 3 is 2.41 bits per heavy atom. The van der Waals surface area contributed by atoms with Crippen molar-refractivity contribution in [3.63, 3.8) is 0 Å². The van der Waals surface area contributed by atoms with Crippen molar-refractivity contribution < 1.29 is 9.53 Å². The van der Waals surface area contributed by atoms with Crippen molar-refractivity contribution in [3.8, 4) is 5.75 Å². The second kappa shape index (κ2) is 9.50. The molecule has 1 heterocycles. The van der Waals surface area contributed by atoms with Gasteiger partial charge in [-0.25, -0.2) is 0 Å². The van der Waals surface area contributed by atoms with Gasteiger partial charge in [-0.15, -0.1) is 0 Å². The van der Waals surface area contributed by atoms with E-state index in [-0.39, 0.29) is 18.5 Å². The second-order valence-corrected chi connectivity index (χ2v) is 6.10. The van der Waals surface area contributed by atoms with Gasteiger partial charge in [-0.3, -0.25) is 15.1 Å². The summed E-state index contributed by atoms with van der Waals surface area (Å²) in [5, 5.41) is 6.24. The highest BCUT2D eigenvalue weighted by molar-refractivity contribution is 5.78. The first-order chi connectivity index (χ1) is 13.3. The molecule has 0 aliphatic rings. The van der Waals surface area contributed by atoms with Gasteiger partial charge in [0.05, 0.1) is 25.4 Å². The molecule has 1 aromatic heterocycles. The van der Waals surface area contributed by atoms with Gasteiger partial charge in [0.1, 0.15) is 5.75 Å². The van der Waals surface area contributed by atoms with Crippen LogP contribution in [0.1, 0.15) is 22.9 Å². The molecular weight excluding hydrogens is 338 g/mol. The summed E-state index contributed by atoms with van der Waals surface area (Å²) in [5.74, 6) is 0.732. The first-order valence-electron chi connectivity index (χ1n) is 8.85. The van der Waals surface area contributed by atoms with Gasteiger partial charge in [-0.2, -0.15) is 0 Å². The molecule has 0 fully saturated rings. The normalized spacial score (nSPS) is 11.6. The molecule has 0 radical (unpaired) electrons. The number of hydrogen-bond acceptors (Lipinski definition) is 4. The van der Waals surface area contributed by atoms with Crippen LogP contribution in [-0.4, -0.2) is 24.5 Å². The minimum atomic E-state index is -0.140. The zero-order valence-electron chi connectivity index (χ0n) is 15.3. The van der Waals surface area contributed by atoms with Crippen LogP contribution in [0.25, 0.3) is 0 Å². The third-order valence-corrected chi connectivity index (χ3v) is 4.23. The number of nitrogens with one attached hydrogen (secondary N) is 2. The van der Waals surface area contributed by atoms with Crippen LogP contribution in [0, 0.1) is 0 Å². The molecule has 3 rings (SSSR count). The average Bonchev–Trinajstić information content (AvgIpc) is 2.74. The Hall–Kier alpha value is -3.18. The van der Waals surface area contributed by atoms with Crippen LogP contribution in [0.4, 0.5) is 0 Å². The maximum Gasteiger partial charge on any atom is 0.234 e. The van der Waals surface area contributed by atoms with E-state index in [0.717, 1.165) is 22.6 Å². The van der Waals surface area contributed by atoms with Crippen molar-refractivity contribution in [2.75, 3.05) is 13.7 Å². The lowest BCUT2D eigenvalue weighted by Gasteiger charge is -2.18. The monoisotopic (exact) mass is 361 g/mol. The van der Waals surface area contributed by atoms with Crippen LogP contribution < -0.4 is 15.4 Å². The Bertz CT molecular complexity index is 797. The first-order valence-corrected chi connectivity index (χ1v) is 8.85. The lowest BCUT2D eigenvalue weighted by atomic mass is 10.0. The molecule has 0 bridgehead atoms. The van der Waals surface area contributed by atoms with E-state index in [4.69, 9.17) is 4.74 Å². The number of carbonyl (C=O) groups is 1. The van der Waals surface area contributed by atoms with E-state index in [2.05, 4.69) is 15.6 Å². The lowest BCUT2D eigenvalue weighted by Crippen LogP contribution is -2.36. The molecule has 0 spiro atoms. The van der Waals surface area contributed by atoms with Crippen molar-refractivity contribution in [3.05, 3.63) is 95.8 Å². The number of pyridine rings is 1. The number of hydrogen-bond donors (Lipinski definition) is 2. The fourth-order valence-corrected chi connectivity index (χ4v) is 2.79. The van der Waals surface area contributed by atoms with Crippen LogP contribution in [0.2, 0.25) is 0 Å². The quantitative estimate of drug-likeness (QED) is 0.647. The SMILES string of the molecule is COc1ccc(CNC(=O)CNC(c2ccccc2)c2ccccn2)cc1. The summed E-state index contributed by atoms with van der Waals surface area (Å²) in [6.07, 6.45) is 1.76. The molecule has 1 amide bonds. The van der Waals surface area contributed by atoms with Crippen molar-refractivity contribution >= 4 is 5.91 Å². The second-order valence-electron chi connectivity index (χ2n) is 6.10. The first kappa shape index (κ1) is 18.6. The van der Waals surface area contributed by atoms with Gasteiger partial charge in [0, 0.05) is 12.7 Å². The van der Waals surface area contributed by atoms with Gasteiger partial charge in [0.15, 0.2) is 0 Å². The number of amides is 1. The molecule has 5 heteroatoms. The summed E-state index contributed by atoms with van der Waals surface area (Å²) >= 11 is 0. The molecule has 5 nitrogen and oxygen atoms in total. The predicted molar refractivity (Wildman–Crippen MR) is 105 cm³/mol. The van der Waals surface area contributed by atoms with Gasteiger partial charge in [0.25, 0.3) is 0 Å². The molecule has 1 atom stereocenters. The van der Waals surface area contributed by atoms with E-state index in [1.54, 1.807) is 13.3 Å².